The smallest absolute Gasteiger partial charge is 0.234 e. The van der Waals surface area contributed by atoms with Crippen LogP contribution < -0.4 is 16.0 Å². The van der Waals surface area contributed by atoms with Crippen molar-refractivity contribution in [3.63, 3.8) is 0 Å². The van der Waals surface area contributed by atoms with Gasteiger partial charge in [-0.2, -0.15) is 0 Å². The molecule has 4 rings (SSSR count). The second-order valence-corrected chi connectivity index (χ2v) is 7.30. The number of nitrogens with two attached hydrogens (primary N) is 1. The van der Waals surface area contributed by atoms with Crippen molar-refractivity contribution >= 4 is 52.2 Å². The number of pyridine rings is 1. The molecule has 1 amide bonds. The van der Waals surface area contributed by atoms with Crippen molar-refractivity contribution < 1.29 is 4.79 Å². The van der Waals surface area contributed by atoms with Crippen LogP contribution in [0.1, 0.15) is 23.9 Å². The van der Waals surface area contributed by atoms with Crippen LogP contribution in [0.5, 0.6) is 0 Å². The van der Waals surface area contributed by atoms with E-state index in [9.17, 15) is 4.79 Å². The molecule has 0 aliphatic heterocycles. The summed E-state index contributed by atoms with van der Waals surface area (Å²) in [4.78, 5) is 19.2. The van der Waals surface area contributed by atoms with Crippen molar-refractivity contribution in [1.82, 2.24) is 25.6 Å². The first kappa shape index (κ1) is 23.6. The van der Waals surface area contributed by atoms with E-state index in [1.807, 2.05) is 50.2 Å². The van der Waals surface area contributed by atoms with Crippen LogP contribution in [-0.2, 0) is 11.2 Å². The van der Waals surface area contributed by atoms with Crippen molar-refractivity contribution in [2.45, 2.75) is 20.3 Å². The maximum Gasteiger partial charge on any atom is 0.234 e. The number of fused-ring (bicyclic) bond motifs is 1. The molecule has 33 heavy (non-hydrogen) atoms. The fraction of sp³-hybridized carbons (Fsp3) is 0.182. The standard InChI is InChI=1S/C22H23N9O.ClH/c1-3-31(21(32)12-20-27-29-30-28-20)16-8-9-17-13(2)10-19(26-18(17)11-16)25-15-6-4-14(5-7-15)22(23)24;/h4-11H,3,12H2,1-2H3,(H3,23,24)(H,25,26)(H,27,28,29,30);1H. The summed E-state index contributed by atoms with van der Waals surface area (Å²) >= 11 is 0. The minimum atomic E-state index is -0.109. The third-order valence-corrected chi connectivity index (χ3v) is 5.11. The molecule has 0 aliphatic rings. The Bertz CT molecular complexity index is 1270. The number of carbonyl (C=O) groups excluding carboxylic acids is 1. The SMILES string of the molecule is CCN(C(=O)Cc1nnn[nH]1)c1ccc2c(C)cc(Nc3ccc(C(=N)N)cc3)nc2c1.Cl. The Kier molecular flexibility index (Phi) is 7.19. The van der Waals surface area contributed by atoms with E-state index >= 15 is 0 Å². The van der Waals surface area contributed by atoms with Crippen molar-refractivity contribution in [2.75, 3.05) is 16.8 Å². The molecule has 0 unspecified atom stereocenters. The van der Waals surface area contributed by atoms with Crippen molar-refractivity contribution in [3.8, 4) is 0 Å². The molecule has 2 aromatic heterocycles. The van der Waals surface area contributed by atoms with E-state index < -0.39 is 0 Å². The van der Waals surface area contributed by atoms with E-state index in [0.717, 1.165) is 27.8 Å². The third kappa shape index (κ3) is 5.24. The summed E-state index contributed by atoms with van der Waals surface area (Å²) in [5, 5.41) is 25.2. The largest absolute Gasteiger partial charge is 0.384 e. The molecular formula is C22H24ClN9O. The van der Waals surface area contributed by atoms with Crippen LogP contribution in [-0.4, -0.2) is 43.9 Å². The first-order valence-electron chi connectivity index (χ1n) is 10.1. The average molecular weight is 466 g/mol. The molecule has 4 aromatic rings. The molecule has 0 spiro atoms. The molecule has 2 heterocycles. The number of rotatable bonds is 7. The van der Waals surface area contributed by atoms with Crippen LogP contribution in [0.25, 0.3) is 10.9 Å². The van der Waals surface area contributed by atoms with Gasteiger partial charge in [-0.25, -0.2) is 10.1 Å². The van der Waals surface area contributed by atoms with Gasteiger partial charge in [-0.1, -0.05) is 6.07 Å². The lowest BCUT2D eigenvalue weighted by Gasteiger charge is -2.21. The monoisotopic (exact) mass is 465 g/mol. The summed E-state index contributed by atoms with van der Waals surface area (Å²) in [5.41, 5.74) is 9.61. The van der Waals surface area contributed by atoms with Crippen molar-refractivity contribution in [2.24, 2.45) is 5.73 Å². The Hall–Kier alpha value is -4.05. The van der Waals surface area contributed by atoms with E-state index in [0.29, 0.717) is 23.8 Å². The number of aromatic nitrogens is 5. The maximum atomic E-state index is 12.8. The van der Waals surface area contributed by atoms with Gasteiger partial charge in [-0.3, -0.25) is 10.2 Å². The highest BCUT2D eigenvalue weighted by Crippen LogP contribution is 2.27. The van der Waals surface area contributed by atoms with Gasteiger partial charge in [-0.05, 0) is 72.3 Å². The molecule has 0 saturated carbocycles. The van der Waals surface area contributed by atoms with Crippen molar-refractivity contribution in [1.29, 1.82) is 5.41 Å². The topological polar surface area (TPSA) is 150 Å². The molecule has 0 fully saturated rings. The molecule has 170 valence electrons. The lowest BCUT2D eigenvalue weighted by atomic mass is 10.1. The van der Waals surface area contributed by atoms with Gasteiger partial charge in [0.05, 0.1) is 11.9 Å². The zero-order chi connectivity index (χ0) is 22.7. The minimum absolute atomic E-state index is 0. The highest BCUT2D eigenvalue weighted by Gasteiger charge is 2.17. The number of benzene rings is 2. The maximum absolute atomic E-state index is 12.8. The number of likely N-dealkylation sites (N-methyl/N-ethyl adjacent to an activating group) is 1. The first-order chi connectivity index (χ1) is 15.4. The number of nitrogens with zero attached hydrogens (tertiary/aromatic N) is 5. The Morgan fingerprint density at radius 1 is 1.18 bits per heavy atom. The molecule has 0 aliphatic carbocycles. The molecular weight excluding hydrogens is 442 g/mol. The van der Waals surface area contributed by atoms with E-state index in [1.165, 1.54) is 0 Å². The van der Waals surface area contributed by atoms with Crippen LogP contribution in [0.3, 0.4) is 0 Å². The van der Waals surface area contributed by atoms with Crippen LogP contribution >= 0.6 is 12.4 Å². The predicted octanol–water partition coefficient (Wildman–Crippen LogP) is 3.10. The number of carbonyl (C=O) groups is 1. The average Bonchev–Trinajstić information content (AvgIpc) is 3.27. The number of amides is 1. The van der Waals surface area contributed by atoms with E-state index in [4.69, 9.17) is 16.1 Å². The van der Waals surface area contributed by atoms with Gasteiger partial charge in [0, 0.05) is 28.9 Å². The minimum Gasteiger partial charge on any atom is -0.384 e. The lowest BCUT2D eigenvalue weighted by Crippen LogP contribution is -2.32. The third-order valence-electron chi connectivity index (χ3n) is 5.11. The van der Waals surface area contributed by atoms with Crippen LogP contribution in [0.2, 0.25) is 0 Å². The number of amidine groups is 1. The van der Waals surface area contributed by atoms with Crippen LogP contribution in [0, 0.1) is 12.3 Å². The number of anilines is 3. The molecule has 2 aromatic carbocycles. The number of aryl methyl sites for hydroxylation is 1. The van der Waals surface area contributed by atoms with Crippen LogP contribution in [0.4, 0.5) is 17.2 Å². The van der Waals surface area contributed by atoms with E-state index in [2.05, 4.69) is 25.9 Å². The second kappa shape index (κ2) is 10.0. The summed E-state index contributed by atoms with van der Waals surface area (Å²) in [7, 11) is 0. The van der Waals surface area contributed by atoms with E-state index in [1.54, 1.807) is 17.0 Å². The summed E-state index contributed by atoms with van der Waals surface area (Å²) in [6.45, 7) is 4.45. The lowest BCUT2D eigenvalue weighted by molar-refractivity contribution is -0.118. The predicted molar refractivity (Wildman–Crippen MR) is 130 cm³/mol. The summed E-state index contributed by atoms with van der Waals surface area (Å²) in [6, 6.07) is 15.0. The molecule has 0 atom stereocenters. The second-order valence-electron chi connectivity index (χ2n) is 7.30. The molecule has 5 N–H and O–H groups in total. The number of nitrogens with one attached hydrogen (secondary N) is 3. The Balaban J connectivity index is 0.00000306. The van der Waals surface area contributed by atoms with Gasteiger partial charge in [0.1, 0.15) is 11.7 Å². The number of H-pyrrole nitrogens is 1. The number of aromatic amines is 1. The Morgan fingerprint density at radius 2 is 1.94 bits per heavy atom. The summed E-state index contributed by atoms with van der Waals surface area (Å²) in [5.74, 6) is 1.02. The van der Waals surface area contributed by atoms with Gasteiger partial charge in [0.25, 0.3) is 0 Å². The zero-order valence-electron chi connectivity index (χ0n) is 18.2. The fourth-order valence-electron chi connectivity index (χ4n) is 3.50. The molecule has 0 bridgehead atoms. The van der Waals surface area contributed by atoms with Gasteiger partial charge in [-0.15, -0.1) is 17.5 Å². The quantitative estimate of drug-likeness (QED) is 0.242. The number of halogens is 1. The highest BCUT2D eigenvalue weighted by atomic mass is 35.5. The van der Waals surface area contributed by atoms with Gasteiger partial charge in [0.15, 0.2) is 5.82 Å². The molecule has 10 nitrogen and oxygen atoms in total. The fourth-order valence-corrected chi connectivity index (χ4v) is 3.50. The highest BCUT2D eigenvalue weighted by molar-refractivity contribution is 5.97. The Morgan fingerprint density at radius 3 is 2.58 bits per heavy atom. The number of tetrazole rings is 1. The van der Waals surface area contributed by atoms with Crippen molar-refractivity contribution in [3.05, 3.63) is 65.5 Å². The van der Waals surface area contributed by atoms with Gasteiger partial charge in [0.2, 0.25) is 5.91 Å². The summed E-state index contributed by atoms with van der Waals surface area (Å²) in [6.07, 6.45) is 0.0865. The Labute approximate surface area is 196 Å². The van der Waals surface area contributed by atoms with Gasteiger partial charge >= 0.3 is 0 Å². The first-order valence-corrected chi connectivity index (χ1v) is 10.1. The van der Waals surface area contributed by atoms with Gasteiger partial charge < -0.3 is 16.0 Å². The zero-order valence-corrected chi connectivity index (χ0v) is 19.0. The van der Waals surface area contributed by atoms with E-state index in [-0.39, 0.29) is 30.6 Å². The molecule has 11 heteroatoms. The summed E-state index contributed by atoms with van der Waals surface area (Å²) < 4.78 is 0. The number of nitrogen functional groups attached to an aromatic ring is 1. The van der Waals surface area contributed by atoms with Crippen LogP contribution in [0.15, 0.2) is 48.5 Å². The molecule has 0 radical (unpaired) electrons. The number of hydrogen-bond donors (Lipinski definition) is 4. The number of hydrogen-bond acceptors (Lipinski definition) is 7. The molecule has 0 saturated heterocycles. The normalized spacial score (nSPS) is 10.5.